The Morgan fingerprint density at radius 2 is 2.22 bits per heavy atom. The Morgan fingerprint density at radius 3 is 2.44 bits per heavy atom. The SMILES string of the molecule is C#Cc1sc(Br)cc1Br. The Balaban J connectivity index is 3.20. The van der Waals surface area contributed by atoms with Crippen molar-refractivity contribution in [3.63, 3.8) is 0 Å². The molecule has 0 aliphatic carbocycles. The summed E-state index contributed by atoms with van der Waals surface area (Å²) in [5.74, 6) is 2.56. The summed E-state index contributed by atoms with van der Waals surface area (Å²) >= 11 is 8.18. The number of hydrogen-bond donors (Lipinski definition) is 0. The van der Waals surface area contributed by atoms with Crippen LogP contribution in [0.4, 0.5) is 0 Å². The summed E-state index contributed by atoms with van der Waals surface area (Å²) < 4.78 is 2.05. The molecule has 9 heavy (non-hydrogen) atoms. The van der Waals surface area contributed by atoms with Gasteiger partial charge in [-0.2, -0.15) is 0 Å². The van der Waals surface area contributed by atoms with Crippen molar-refractivity contribution in [2.75, 3.05) is 0 Å². The van der Waals surface area contributed by atoms with Crippen molar-refractivity contribution in [2.24, 2.45) is 0 Å². The second kappa shape index (κ2) is 2.87. The number of rotatable bonds is 0. The Hall–Kier alpha value is 0.220. The molecule has 1 aromatic heterocycles. The molecule has 0 aliphatic rings. The van der Waals surface area contributed by atoms with Gasteiger partial charge in [0.25, 0.3) is 0 Å². The van der Waals surface area contributed by atoms with Gasteiger partial charge in [-0.25, -0.2) is 0 Å². The third kappa shape index (κ3) is 1.57. The maximum Gasteiger partial charge on any atom is 0.0919 e. The van der Waals surface area contributed by atoms with Crippen molar-refractivity contribution >= 4 is 43.2 Å². The molecule has 0 aromatic carbocycles. The average molecular weight is 266 g/mol. The first-order chi connectivity index (χ1) is 4.24. The van der Waals surface area contributed by atoms with Crippen molar-refractivity contribution in [1.29, 1.82) is 0 Å². The molecule has 0 N–H and O–H groups in total. The van der Waals surface area contributed by atoms with E-state index in [9.17, 15) is 0 Å². The lowest BCUT2D eigenvalue weighted by atomic mass is 10.5. The van der Waals surface area contributed by atoms with E-state index >= 15 is 0 Å². The highest BCUT2D eigenvalue weighted by atomic mass is 79.9. The predicted octanol–water partition coefficient (Wildman–Crippen LogP) is 3.25. The van der Waals surface area contributed by atoms with Crippen molar-refractivity contribution in [3.8, 4) is 12.3 Å². The third-order valence-corrected chi connectivity index (χ3v) is 3.24. The normalized spacial score (nSPS) is 9.00. The lowest BCUT2D eigenvalue weighted by Crippen LogP contribution is -1.58. The van der Waals surface area contributed by atoms with E-state index < -0.39 is 0 Å². The fraction of sp³-hybridized carbons (Fsp3) is 0. The average Bonchev–Trinajstić information content (AvgIpc) is 2.10. The van der Waals surface area contributed by atoms with Gasteiger partial charge in [0, 0.05) is 4.47 Å². The van der Waals surface area contributed by atoms with Gasteiger partial charge in [-0.3, -0.25) is 0 Å². The second-order valence-corrected chi connectivity index (χ2v) is 4.66. The van der Waals surface area contributed by atoms with Gasteiger partial charge in [0.1, 0.15) is 0 Å². The van der Waals surface area contributed by atoms with Crippen molar-refractivity contribution in [2.45, 2.75) is 0 Å². The summed E-state index contributed by atoms with van der Waals surface area (Å²) in [4.78, 5) is 0.932. The fourth-order valence-corrected chi connectivity index (χ4v) is 2.79. The second-order valence-electron chi connectivity index (χ2n) is 1.37. The highest BCUT2D eigenvalue weighted by Gasteiger charge is 1.99. The van der Waals surface area contributed by atoms with E-state index in [0.717, 1.165) is 13.1 Å². The number of halogens is 2. The minimum Gasteiger partial charge on any atom is -0.118 e. The molecule has 0 bridgehead atoms. The third-order valence-electron chi connectivity index (χ3n) is 0.788. The van der Waals surface area contributed by atoms with Crippen LogP contribution in [0, 0.1) is 12.3 Å². The van der Waals surface area contributed by atoms with Crippen LogP contribution in [0.1, 0.15) is 4.88 Å². The first kappa shape index (κ1) is 7.33. The highest BCUT2D eigenvalue weighted by Crippen LogP contribution is 2.29. The number of thiophene rings is 1. The van der Waals surface area contributed by atoms with Gasteiger partial charge >= 0.3 is 0 Å². The van der Waals surface area contributed by atoms with Crippen molar-refractivity contribution in [1.82, 2.24) is 0 Å². The molecule has 0 fully saturated rings. The molecule has 0 amide bonds. The zero-order valence-corrected chi connectivity index (χ0v) is 8.31. The van der Waals surface area contributed by atoms with E-state index in [1.807, 2.05) is 6.07 Å². The van der Waals surface area contributed by atoms with Gasteiger partial charge in [-0.05, 0) is 37.9 Å². The summed E-state index contributed by atoms with van der Waals surface area (Å²) in [7, 11) is 0. The van der Waals surface area contributed by atoms with Crippen LogP contribution in [-0.4, -0.2) is 0 Å². The van der Waals surface area contributed by atoms with Crippen LogP contribution < -0.4 is 0 Å². The summed E-state index contributed by atoms with van der Waals surface area (Å²) in [6, 6.07) is 1.94. The predicted molar refractivity (Wildman–Crippen MR) is 47.7 cm³/mol. The summed E-state index contributed by atoms with van der Waals surface area (Å²) in [6.45, 7) is 0. The standard InChI is InChI=1S/C6H2Br2S/c1-2-5-4(7)3-6(8)9-5/h1,3H. The largest absolute Gasteiger partial charge is 0.118 e. The Morgan fingerprint density at radius 1 is 1.56 bits per heavy atom. The molecule has 0 aliphatic heterocycles. The van der Waals surface area contributed by atoms with E-state index in [2.05, 4.69) is 37.8 Å². The van der Waals surface area contributed by atoms with Crippen LogP contribution in [0.2, 0.25) is 0 Å². The van der Waals surface area contributed by atoms with Crippen molar-refractivity contribution < 1.29 is 0 Å². The van der Waals surface area contributed by atoms with Gasteiger partial charge < -0.3 is 0 Å². The van der Waals surface area contributed by atoms with E-state index in [0.29, 0.717) is 0 Å². The molecule has 1 heterocycles. The molecule has 0 unspecified atom stereocenters. The molecule has 1 rings (SSSR count). The number of hydrogen-bond acceptors (Lipinski definition) is 1. The lowest BCUT2D eigenvalue weighted by Gasteiger charge is -1.77. The van der Waals surface area contributed by atoms with Crippen LogP contribution >= 0.6 is 43.2 Å². The molecule has 46 valence electrons. The van der Waals surface area contributed by atoms with Crippen LogP contribution in [0.5, 0.6) is 0 Å². The van der Waals surface area contributed by atoms with Crippen LogP contribution in [-0.2, 0) is 0 Å². The Bertz CT molecular complexity index is 257. The number of terminal acetylenes is 1. The van der Waals surface area contributed by atoms with Gasteiger partial charge in [-0.15, -0.1) is 17.8 Å². The van der Waals surface area contributed by atoms with Crippen LogP contribution in [0.15, 0.2) is 14.3 Å². The topological polar surface area (TPSA) is 0 Å². The molecule has 0 radical (unpaired) electrons. The minimum absolute atomic E-state index is 0.932. The van der Waals surface area contributed by atoms with Gasteiger partial charge in [0.2, 0.25) is 0 Å². The summed E-state index contributed by atoms with van der Waals surface area (Å²) in [6.07, 6.45) is 5.17. The minimum atomic E-state index is 0.932. The van der Waals surface area contributed by atoms with Gasteiger partial charge in [0.05, 0.1) is 8.66 Å². The highest BCUT2D eigenvalue weighted by molar-refractivity contribution is 9.11. The summed E-state index contributed by atoms with van der Waals surface area (Å²) in [5, 5.41) is 0. The van der Waals surface area contributed by atoms with E-state index in [1.165, 1.54) is 0 Å². The van der Waals surface area contributed by atoms with Crippen molar-refractivity contribution in [3.05, 3.63) is 19.2 Å². The zero-order chi connectivity index (χ0) is 6.85. The first-order valence-corrected chi connectivity index (χ1v) is 4.55. The first-order valence-electron chi connectivity index (χ1n) is 2.15. The van der Waals surface area contributed by atoms with Gasteiger partial charge in [-0.1, -0.05) is 5.92 Å². The molecule has 3 heteroatoms. The van der Waals surface area contributed by atoms with E-state index in [1.54, 1.807) is 11.3 Å². The summed E-state index contributed by atoms with van der Waals surface area (Å²) in [5.41, 5.74) is 0. The quantitative estimate of drug-likeness (QED) is 0.632. The zero-order valence-electron chi connectivity index (χ0n) is 4.32. The molecule has 0 saturated carbocycles. The molecule has 0 nitrogen and oxygen atoms in total. The Labute approximate surface area is 74.5 Å². The molecule has 1 aromatic rings. The Kier molecular flexibility index (Phi) is 2.34. The van der Waals surface area contributed by atoms with Crippen LogP contribution in [0.3, 0.4) is 0 Å². The molecule has 0 atom stereocenters. The molecule has 0 spiro atoms. The maximum absolute atomic E-state index is 5.17. The van der Waals surface area contributed by atoms with Crippen LogP contribution in [0.25, 0.3) is 0 Å². The monoisotopic (exact) mass is 264 g/mol. The van der Waals surface area contributed by atoms with Gasteiger partial charge in [0.15, 0.2) is 0 Å². The molecular weight excluding hydrogens is 264 g/mol. The molecular formula is C6H2Br2S. The van der Waals surface area contributed by atoms with E-state index in [4.69, 9.17) is 6.42 Å². The van der Waals surface area contributed by atoms with E-state index in [-0.39, 0.29) is 0 Å². The lowest BCUT2D eigenvalue weighted by molar-refractivity contribution is 1.81. The fourth-order valence-electron chi connectivity index (χ4n) is 0.439. The smallest absolute Gasteiger partial charge is 0.0919 e. The molecule has 0 saturated heterocycles. The maximum atomic E-state index is 5.17.